The molecule has 0 bridgehead atoms. The van der Waals surface area contributed by atoms with E-state index in [9.17, 15) is 23.1 Å². The molecule has 0 fully saturated rings. The number of aliphatic carboxylic acids is 1. The van der Waals surface area contributed by atoms with E-state index in [2.05, 4.69) is 30.3 Å². The molecule has 1 aliphatic heterocycles. The number of carbonyl (C=O) groups is 1. The van der Waals surface area contributed by atoms with E-state index in [4.69, 9.17) is 0 Å². The van der Waals surface area contributed by atoms with E-state index < -0.39 is 27.6 Å². The molecule has 0 spiro atoms. The van der Waals surface area contributed by atoms with Gasteiger partial charge in [-0.25, -0.2) is 13.4 Å². The van der Waals surface area contributed by atoms with Gasteiger partial charge in [-0.2, -0.15) is 4.72 Å². The van der Waals surface area contributed by atoms with E-state index in [-0.39, 0.29) is 17.1 Å². The normalized spacial score (nSPS) is 14.4. The summed E-state index contributed by atoms with van der Waals surface area (Å²) in [6, 6.07) is 7.06. The summed E-state index contributed by atoms with van der Waals surface area (Å²) in [5.74, 6) is -0.564. The lowest BCUT2D eigenvalue weighted by Gasteiger charge is -2.17. The second kappa shape index (κ2) is 11.2. The molecule has 0 saturated heterocycles. The zero-order valence-corrected chi connectivity index (χ0v) is 22.1. The molecule has 38 heavy (non-hydrogen) atoms. The summed E-state index contributed by atoms with van der Waals surface area (Å²) in [6.07, 6.45) is 3.43. The summed E-state index contributed by atoms with van der Waals surface area (Å²) in [5, 5.41) is 16.3. The first-order valence-corrected chi connectivity index (χ1v) is 13.6. The van der Waals surface area contributed by atoms with Crippen LogP contribution in [0.3, 0.4) is 0 Å². The standard InChI is InChI=1S/C26H30N6O5S/c1-15-11-16(2)23(17(3)12-15)38(36,37)32-21(25(34)35)14-22-30-20-7-6-18(13-19(20)24(33)31-22)5-4-8-27-26-28-9-10-29-26/h4-7,11-13,21,32H,8-10,14H2,1-3H3,(H,34,35)(H2,27,28,29)(H,30,31,33)/t21-/m0/s1. The second-order valence-corrected chi connectivity index (χ2v) is 10.8. The van der Waals surface area contributed by atoms with Crippen molar-refractivity contribution in [1.29, 1.82) is 0 Å². The monoisotopic (exact) mass is 538 g/mol. The Bertz CT molecular complexity index is 1590. The van der Waals surface area contributed by atoms with Crippen molar-refractivity contribution in [2.24, 2.45) is 4.99 Å². The average Bonchev–Trinajstić information content (AvgIpc) is 3.34. The third-order valence-corrected chi connectivity index (χ3v) is 7.79. The molecule has 0 saturated carbocycles. The molecule has 12 heteroatoms. The number of carboxylic acids is 1. The number of aliphatic imine (C=N–C) groups is 1. The van der Waals surface area contributed by atoms with Gasteiger partial charge in [0.1, 0.15) is 11.9 Å². The number of fused-ring (bicyclic) bond motifs is 1. The molecule has 5 N–H and O–H groups in total. The van der Waals surface area contributed by atoms with Crippen LogP contribution in [0.2, 0.25) is 0 Å². The summed E-state index contributed by atoms with van der Waals surface area (Å²) in [5.41, 5.74) is 2.65. The molecule has 11 nitrogen and oxygen atoms in total. The van der Waals surface area contributed by atoms with Crippen LogP contribution in [0.5, 0.6) is 0 Å². The fourth-order valence-electron chi connectivity index (χ4n) is 4.48. The highest BCUT2D eigenvalue weighted by Gasteiger charge is 2.29. The quantitative estimate of drug-likeness (QED) is 0.273. The van der Waals surface area contributed by atoms with Gasteiger partial charge in [0.25, 0.3) is 5.56 Å². The van der Waals surface area contributed by atoms with Crippen molar-refractivity contribution in [3.8, 4) is 0 Å². The average molecular weight is 539 g/mol. The summed E-state index contributed by atoms with van der Waals surface area (Å²) in [4.78, 5) is 36.0. The summed E-state index contributed by atoms with van der Waals surface area (Å²) in [6.45, 7) is 7.31. The van der Waals surface area contributed by atoms with Gasteiger partial charge in [-0.05, 0) is 49.6 Å². The molecule has 0 amide bonds. The van der Waals surface area contributed by atoms with Crippen LogP contribution in [0, 0.1) is 20.8 Å². The number of H-pyrrole nitrogens is 1. The number of sulfonamides is 1. The largest absolute Gasteiger partial charge is 0.480 e. The van der Waals surface area contributed by atoms with E-state index in [1.807, 2.05) is 19.1 Å². The fraction of sp³-hybridized carbons (Fsp3) is 0.308. The van der Waals surface area contributed by atoms with Crippen molar-refractivity contribution in [3.63, 3.8) is 0 Å². The van der Waals surface area contributed by atoms with Gasteiger partial charge >= 0.3 is 5.97 Å². The first-order chi connectivity index (χ1) is 18.0. The van der Waals surface area contributed by atoms with E-state index >= 15 is 0 Å². The van der Waals surface area contributed by atoms with Crippen LogP contribution in [-0.2, 0) is 21.2 Å². The number of rotatable bonds is 9. The second-order valence-electron chi connectivity index (χ2n) is 9.17. The highest BCUT2D eigenvalue weighted by atomic mass is 32.2. The number of hydrogen-bond donors (Lipinski definition) is 5. The molecule has 2 heterocycles. The van der Waals surface area contributed by atoms with Crippen LogP contribution in [0.25, 0.3) is 17.0 Å². The van der Waals surface area contributed by atoms with Gasteiger partial charge in [-0.1, -0.05) is 35.9 Å². The third-order valence-electron chi connectivity index (χ3n) is 6.02. The van der Waals surface area contributed by atoms with Gasteiger partial charge < -0.3 is 20.7 Å². The zero-order valence-electron chi connectivity index (χ0n) is 21.3. The van der Waals surface area contributed by atoms with Crippen LogP contribution in [0.1, 0.15) is 28.1 Å². The predicted octanol–water partition coefficient (Wildman–Crippen LogP) is 1.38. The van der Waals surface area contributed by atoms with Gasteiger partial charge in [-0.15, -0.1) is 0 Å². The van der Waals surface area contributed by atoms with E-state index in [0.29, 0.717) is 28.6 Å². The number of guanidine groups is 1. The van der Waals surface area contributed by atoms with E-state index in [1.54, 1.807) is 44.2 Å². The number of benzene rings is 2. The molecular formula is C26H30N6O5S. The van der Waals surface area contributed by atoms with Crippen molar-refractivity contribution in [2.75, 3.05) is 19.6 Å². The van der Waals surface area contributed by atoms with Gasteiger partial charge in [0.2, 0.25) is 10.0 Å². The van der Waals surface area contributed by atoms with Crippen molar-refractivity contribution in [3.05, 3.63) is 74.8 Å². The Morgan fingerprint density at radius 2 is 1.92 bits per heavy atom. The Morgan fingerprint density at radius 3 is 2.58 bits per heavy atom. The van der Waals surface area contributed by atoms with Crippen molar-refractivity contribution in [2.45, 2.75) is 38.1 Å². The van der Waals surface area contributed by atoms with Gasteiger partial charge in [0, 0.05) is 19.5 Å². The minimum Gasteiger partial charge on any atom is -0.480 e. The van der Waals surface area contributed by atoms with Crippen LogP contribution in [0.4, 0.5) is 0 Å². The molecular weight excluding hydrogens is 508 g/mol. The number of carboxylic acid groups (broad SMARTS) is 1. The smallest absolute Gasteiger partial charge is 0.322 e. The fourth-order valence-corrected chi connectivity index (χ4v) is 6.12. The molecule has 1 aliphatic rings. The maximum absolute atomic E-state index is 13.1. The third kappa shape index (κ3) is 6.26. The van der Waals surface area contributed by atoms with Crippen molar-refractivity contribution in [1.82, 2.24) is 25.3 Å². The van der Waals surface area contributed by atoms with Gasteiger partial charge in [-0.3, -0.25) is 14.6 Å². The minimum atomic E-state index is -4.15. The molecule has 3 aromatic rings. The Morgan fingerprint density at radius 1 is 1.18 bits per heavy atom. The predicted molar refractivity (Wildman–Crippen MR) is 146 cm³/mol. The van der Waals surface area contributed by atoms with Crippen molar-refractivity contribution >= 4 is 38.9 Å². The van der Waals surface area contributed by atoms with Crippen LogP contribution < -0.4 is 20.9 Å². The highest BCUT2D eigenvalue weighted by Crippen LogP contribution is 2.22. The maximum Gasteiger partial charge on any atom is 0.322 e. The lowest BCUT2D eigenvalue weighted by atomic mass is 10.1. The molecule has 4 rings (SSSR count). The van der Waals surface area contributed by atoms with Gasteiger partial charge in [0.05, 0.1) is 22.3 Å². The topological polar surface area (TPSA) is 166 Å². The Labute approximate surface area is 220 Å². The molecule has 0 aliphatic carbocycles. The summed E-state index contributed by atoms with van der Waals surface area (Å²) in [7, 11) is -4.15. The number of hydrogen-bond acceptors (Lipinski definition) is 8. The van der Waals surface area contributed by atoms with E-state index in [0.717, 1.165) is 30.2 Å². The van der Waals surface area contributed by atoms with Crippen LogP contribution in [-0.4, -0.2) is 61.1 Å². The number of nitrogens with one attached hydrogen (secondary N) is 4. The zero-order chi connectivity index (χ0) is 27.4. The number of nitrogens with zero attached hydrogens (tertiary/aromatic N) is 2. The summed E-state index contributed by atoms with van der Waals surface area (Å²) < 4.78 is 28.5. The first kappa shape index (κ1) is 27.0. The molecule has 0 unspecified atom stereocenters. The Hall–Kier alpha value is -4.03. The Balaban J connectivity index is 1.52. The number of aromatic nitrogens is 2. The van der Waals surface area contributed by atoms with E-state index in [1.165, 1.54) is 0 Å². The first-order valence-electron chi connectivity index (χ1n) is 12.1. The lowest BCUT2D eigenvalue weighted by molar-refractivity contribution is -0.139. The highest BCUT2D eigenvalue weighted by molar-refractivity contribution is 7.89. The molecule has 200 valence electrons. The molecule has 0 radical (unpaired) electrons. The lowest BCUT2D eigenvalue weighted by Crippen LogP contribution is -2.43. The van der Waals surface area contributed by atoms with Crippen LogP contribution in [0.15, 0.2) is 51.1 Å². The number of aryl methyl sites for hydroxylation is 3. The van der Waals surface area contributed by atoms with Crippen LogP contribution >= 0.6 is 0 Å². The minimum absolute atomic E-state index is 0.0394. The maximum atomic E-state index is 13.1. The summed E-state index contributed by atoms with van der Waals surface area (Å²) >= 11 is 0. The Kier molecular flexibility index (Phi) is 7.93. The van der Waals surface area contributed by atoms with Gasteiger partial charge in [0.15, 0.2) is 5.96 Å². The molecule has 1 atom stereocenters. The number of aromatic amines is 1. The molecule has 2 aromatic carbocycles. The SMILES string of the molecule is Cc1cc(C)c(S(=O)(=O)N[C@@H](Cc2nc3ccc(C=CCNC4=NCCN4)cc3c(=O)[nH]2)C(=O)O)c(C)c1. The van der Waals surface area contributed by atoms with Crippen molar-refractivity contribution < 1.29 is 18.3 Å². The molecule has 1 aromatic heterocycles.